The molecule has 168 valence electrons. The lowest BCUT2D eigenvalue weighted by Gasteiger charge is -2.10. The van der Waals surface area contributed by atoms with Gasteiger partial charge in [0.1, 0.15) is 17.3 Å². The number of nitrogens with zero attached hydrogens (tertiary/aromatic N) is 3. The van der Waals surface area contributed by atoms with E-state index in [-0.39, 0.29) is 11.4 Å². The predicted molar refractivity (Wildman–Crippen MR) is 126 cm³/mol. The van der Waals surface area contributed by atoms with Crippen LogP contribution in [0.3, 0.4) is 0 Å². The molecule has 3 N–H and O–H groups in total. The summed E-state index contributed by atoms with van der Waals surface area (Å²) in [4.78, 5) is 4.12. The molecule has 0 saturated heterocycles. The first kappa shape index (κ1) is 22.2. The summed E-state index contributed by atoms with van der Waals surface area (Å²) < 4.78 is 33.3. The SMILES string of the molecule is O=S(=O)(NCCNc1ccc(Nc2ccncc2)nn1)c1ccc(Oc2ccccc2)cc1. The van der Waals surface area contributed by atoms with Gasteiger partial charge in [-0.3, -0.25) is 4.98 Å². The lowest BCUT2D eigenvalue weighted by molar-refractivity contribution is 0.482. The minimum Gasteiger partial charge on any atom is -0.457 e. The van der Waals surface area contributed by atoms with Crippen molar-refractivity contribution in [3.63, 3.8) is 0 Å². The first-order chi connectivity index (χ1) is 16.1. The highest BCUT2D eigenvalue weighted by molar-refractivity contribution is 7.89. The van der Waals surface area contributed by atoms with E-state index in [1.807, 2.05) is 42.5 Å². The van der Waals surface area contributed by atoms with Crippen molar-refractivity contribution in [3.8, 4) is 11.5 Å². The van der Waals surface area contributed by atoms with Crippen LogP contribution >= 0.6 is 0 Å². The second-order valence-corrected chi connectivity index (χ2v) is 8.64. The van der Waals surface area contributed by atoms with Crippen molar-refractivity contribution in [3.05, 3.63) is 91.3 Å². The van der Waals surface area contributed by atoms with Gasteiger partial charge in [0.25, 0.3) is 0 Å². The fourth-order valence-corrected chi connectivity index (χ4v) is 3.88. The van der Waals surface area contributed by atoms with E-state index in [1.54, 1.807) is 36.7 Å². The number of pyridine rings is 1. The van der Waals surface area contributed by atoms with Gasteiger partial charge < -0.3 is 15.4 Å². The van der Waals surface area contributed by atoms with Crippen LogP contribution in [0, 0.1) is 0 Å². The van der Waals surface area contributed by atoms with Crippen LogP contribution in [0.4, 0.5) is 17.3 Å². The Labute approximate surface area is 191 Å². The van der Waals surface area contributed by atoms with E-state index in [2.05, 4.69) is 30.5 Å². The molecule has 0 unspecified atom stereocenters. The summed E-state index contributed by atoms with van der Waals surface area (Å²) in [6.45, 7) is 0.531. The summed E-state index contributed by atoms with van der Waals surface area (Å²) in [6, 6.07) is 22.7. The number of rotatable bonds is 10. The Morgan fingerprint density at radius 2 is 1.39 bits per heavy atom. The number of ether oxygens (including phenoxy) is 1. The molecule has 0 radical (unpaired) electrons. The predicted octanol–water partition coefficient (Wildman–Crippen LogP) is 3.80. The van der Waals surface area contributed by atoms with Gasteiger partial charge in [0.15, 0.2) is 5.82 Å². The number of benzene rings is 2. The third-order valence-electron chi connectivity index (χ3n) is 4.45. The smallest absolute Gasteiger partial charge is 0.240 e. The molecule has 9 nitrogen and oxygen atoms in total. The number of para-hydroxylation sites is 1. The minimum atomic E-state index is -3.64. The van der Waals surface area contributed by atoms with Crippen LogP contribution in [0.25, 0.3) is 0 Å². The van der Waals surface area contributed by atoms with Crippen molar-refractivity contribution in [2.45, 2.75) is 4.90 Å². The topological polar surface area (TPSA) is 118 Å². The van der Waals surface area contributed by atoms with E-state index < -0.39 is 10.0 Å². The fraction of sp³-hybridized carbons (Fsp3) is 0.0870. The summed E-state index contributed by atoms with van der Waals surface area (Å²) in [7, 11) is -3.64. The molecular formula is C23H22N6O3S. The lowest BCUT2D eigenvalue weighted by Crippen LogP contribution is -2.29. The van der Waals surface area contributed by atoms with Gasteiger partial charge in [-0.2, -0.15) is 0 Å². The van der Waals surface area contributed by atoms with Gasteiger partial charge in [0.2, 0.25) is 10.0 Å². The Kier molecular flexibility index (Phi) is 7.08. The van der Waals surface area contributed by atoms with Crippen molar-refractivity contribution in [2.24, 2.45) is 0 Å². The zero-order chi connectivity index (χ0) is 22.9. The Hall–Kier alpha value is -4.02. The zero-order valence-electron chi connectivity index (χ0n) is 17.5. The third-order valence-corrected chi connectivity index (χ3v) is 5.93. The minimum absolute atomic E-state index is 0.161. The Morgan fingerprint density at radius 3 is 2.09 bits per heavy atom. The maximum atomic E-state index is 12.5. The molecule has 0 spiro atoms. The number of anilines is 3. The van der Waals surface area contributed by atoms with E-state index in [1.165, 1.54) is 12.1 Å². The van der Waals surface area contributed by atoms with E-state index in [9.17, 15) is 8.42 Å². The van der Waals surface area contributed by atoms with E-state index in [0.29, 0.717) is 29.7 Å². The van der Waals surface area contributed by atoms with Gasteiger partial charge >= 0.3 is 0 Å². The molecular weight excluding hydrogens is 440 g/mol. The van der Waals surface area contributed by atoms with E-state index >= 15 is 0 Å². The molecule has 0 aliphatic heterocycles. The van der Waals surface area contributed by atoms with Crippen LogP contribution in [-0.4, -0.2) is 36.7 Å². The monoisotopic (exact) mass is 462 g/mol. The Morgan fingerprint density at radius 1 is 0.727 bits per heavy atom. The Bertz CT molecular complexity index is 1250. The van der Waals surface area contributed by atoms with Gasteiger partial charge in [-0.25, -0.2) is 13.1 Å². The number of nitrogens with one attached hydrogen (secondary N) is 3. The van der Waals surface area contributed by atoms with Crippen LogP contribution in [0.2, 0.25) is 0 Å². The van der Waals surface area contributed by atoms with Crippen molar-refractivity contribution >= 4 is 27.3 Å². The second-order valence-electron chi connectivity index (χ2n) is 6.88. The van der Waals surface area contributed by atoms with Crippen molar-refractivity contribution in [2.75, 3.05) is 23.7 Å². The summed E-state index contributed by atoms with van der Waals surface area (Å²) in [5, 5.41) is 14.3. The number of hydrogen-bond donors (Lipinski definition) is 3. The van der Waals surface area contributed by atoms with Gasteiger partial charge in [0, 0.05) is 31.2 Å². The van der Waals surface area contributed by atoms with Crippen molar-refractivity contribution in [1.82, 2.24) is 19.9 Å². The summed E-state index contributed by atoms with van der Waals surface area (Å²) in [6.07, 6.45) is 3.36. The molecule has 2 heterocycles. The number of sulfonamides is 1. The maximum Gasteiger partial charge on any atom is 0.240 e. The quantitative estimate of drug-likeness (QED) is 0.305. The highest BCUT2D eigenvalue weighted by Gasteiger charge is 2.13. The van der Waals surface area contributed by atoms with Gasteiger partial charge in [0.05, 0.1) is 4.90 Å². The van der Waals surface area contributed by atoms with Crippen LogP contribution in [0.1, 0.15) is 0 Å². The molecule has 2 aromatic heterocycles. The van der Waals surface area contributed by atoms with Crippen LogP contribution < -0.4 is 20.1 Å². The molecule has 4 aromatic rings. The molecule has 0 aliphatic rings. The maximum absolute atomic E-state index is 12.5. The van der Waals surface area contributed by atoms with Crippen LogP contribution in [0.15, 0.2) is 96.2 Å². The molecule has 4 rings (SSSR count). The molecule has 0 aliphatic carbocycles. The first-order valence-electron chi connectivity index (χ1n) is 10.2. The molecule has 10 heteroatoms. The van der Waals surface area contributed by atoms with Crippen LogP contribution in [-0.2, 0) is 10.0 Å². The largest absolute Gasteiger partial charge is 0.457 e. The average molecular weight is 463 g/mol. The normalized spacial score (nSPS) is 11.0. The summed E-state index contributed by atoms with van der Waals surface area (Å²) in [5.41, 5.74) is 0.856. The standard InChI is InChI=1S/C23H22N6O3S/c30-33(31,21-8-6-20(7-9-21)32-19-4-2-1-3-5-19)26-17-16-25-22-10-11-23(29-28-22)27-18-12-14-24-15-13-18/h1-15,26H,16-17H2,(H,25,28)(H,24,27,29). The molecule has 0 fully saturated rings. The van der Waals surface area contributed by atoms with E-state index in [4.69, 9.17) is 4.74 Å². The molecule has 0 atom stereocenters. The highest BCUT2D eigenvalue weighted by atomic mass is 32.2. The van der Waals surface area contributed by atoms with Gasteiger partial charge in [-0.15, -0.1) is 10.2 Å². The van der Waals surface area contributed by atoms with Gasteiger partial charge in [-0.1, -0.05) is 18.2 Å². The van der Waals surface area contributed by atoms with Crippen LogP contribution in [0.5, 0.6) is 11.5 Å². The third kappa shape index (κ3) is 6.48. The highest BCUT2D eigenvalue weighted by Crippen LogP contribution is 2.22. The zero-order valence-corrected chi connectivity index (χ0v) is 18.4. The first-order valence-corrected chi connectivity index (χ1v) is 11.6. The van der Waals surface area contributed by atoms with E-state index in [0.717, 1.165) is 5.69 Å². The van der Waals surface area contributed by atoms with Crippen molar-refractivity contribution < 1.29 is 13.2 Å². The molecule has 2 aromatic carbocycles. The lowest BCUT2D eigenvalue weighted by atomic mass is 10.3. The Balaban J connectivity index is 1.24. The molecule has 33 heavy (non-hydrogen) atoms. The fourth-order valence-electron chi connectivity index (χ4n) is 2.85. The number of hydrogen-bond acceptors (Lipinski definition) is 8. The average Bonchev–Trinajstić information content (AvgIpc) is 2.85. The summed E-state index contributed by atoms with van der Waals surface area (Å²) in [5.74, 6) is 2.37. The number of aromatic nitrogens is 3. The van der Waals surface area contributed by atoms with Crippen molar-refractivity contribution in [1.29, 1.82) is 0 Å². The summed E-state index contributed by atoms with van der Waals surface area (Å²) >= 11 is 0. The second kappa shape index (κ2) is 10.5. The molecule has 0 saturated carbocycles. The molecule has 0 bridgehead atoms. The molecule has 0 amide bonds. The van der Waals surface area contributed by atoms with Gasteiger partial charge in [-0.05, 0) is 60.7 Å².